The van der Waals surface area contributed by atoms with Crippen LogP contribution in [0.3, 0.4) is 0 Å². The highest BCUT2D eigenvalue weighted by Gasteiger charge is 2.26. The third-order valence-corrected chi connectivity index (χ3v) is 1.81. The number of nitrogens with two attached hydrogens (primary N) is 1. The Morgan fingerprint density at radius 1 is 1.62 bits per heavy atom. The molecule has 1 aliphatic rings. The number of para-hydroxylation sites is 1. The van der Waals surface area contributed by atoms with E-state index in [-0.39, 0.29) is 12.3 Å². The second-order valence-electron chi connectivity index (χ2n) is 2.69. The minimum Gasteiger partial charge on any atom is -0.372 e. The van der Waals surface area contributed by atoms with Crippen LogP contribution in [0, 0.1) is 5.82 Å². The maximum Gasteiger partial charge on any atom is 0.348 e. The van der Waals surface area contributed by atoms with Crippen molar-refractivity contribution in [2.75, 3.05) is 0 Å². The zero-order chi connectivity index (χ0) is 9.42. The lowest BCUT2D eigenvalue weighted by atomic mass is 10.2. The number of amides is 2. The van der Waals surface area contributed by atoms with E-state index >= 15 is 0 Å². The van der Waals surface area contributed by atoms with Gasteiger partial charge in [0.05, 0.1) is 6.54 Å². The number of hydrogen-bond donors (Lipinski definition) is 1. The van der Waals surface area contributed by atoms with Gasteiger partial charge in [0.2, 0.25) is 0 Å². The van der Waals surface area contributed by atoms with Gasteiger partial charge in [0.1, 0.15) is 0 Å². The zero-order valence-electron chi connectivity index (χ0n) is 6.66. The highest BCUT2D eigenvalue weighted by Crippen LogP contribution is 2.30. The van der Waals surface area contributed by atoms with Crippen molar-refractivity contribution in [2.45, 2.75) is 6.54 Å². The number of rotatable bonds is 0. The Bertz CT molecular complexity index is 367. The third-order valence-electron chi connectivity index (χ3n) is 1.81. The summed E-state index contributed by atoms with van der Waals surface area (Å²) in [6.07, 6.45) is 0. The first-order chi connectivity index (χ1) is 6.18. The van der Waals surface area contributed by atoms with E-state index in [1.54, 1.807) is 12.1 Å². The Kier molecular flexibility index (Phi) is 1.58. The topological polar surface area (TPSA) is 55.6 Å². The molecule has 5 heteroatoms. The predicted molar refractivity (Wildman–Crippen MR) is 42.2 cm³/mol. The molecule has 4 nitrogen and oxygen atoms in total. The number of urea groups is 1. The van der Waals surface area contributed by atoms with Crippen molar-refractivity contribution in [1.29, 1.82) is 0 Å². The predicted octanol–water partition coefficient (Wildman–Crippen LogP) is 1.01. The summed E-state index contributed by atoms with van der Waals surface area (Å²) in [4.78, 5) is 15.6. The minimum atomic E-state index is -0.726. The van der Waals surface area contributed by atoms with Gasteiger partial charge < -0.3 is 10.6 Å². The van der Waals surface area contributed by atoms with Gasteiger partial charge >= 0.3 is 6.03 Å². The number of fused-ring (bicyclic) bond motifs is 1. The Morgan fingerprint density at radius 2 is 2.38 bits per heavy atom. The average Bonchev–Trinajstić information content (AvgIpc) is 2.49. The van der Waals surface area contributed by atoms with Crippen molar-refractivity contribution < 1.29 is 14.0 Å². The summed E-state index contributed by atoms with van der Waals surface area (Å²) < 4.78 is 13.0. The Hall–Kier alpha value is -1.78. The van der Waals surface area contributed by atoms with Gasteiger partial charge in [0.25, 0.3) is 0 Å². The molecule has 0 atom stereocenters. The molecule has 2 amide bonds. The van der Waals surface area contributed by atoms with E-state index in [0.29, 0.717) is 5.56 Å². The van der Waals surface area contributed by atoms with Crippen molar-refractivity contribution in [3.8, 4) is 5.75 Å². The van der Waals surface area contributed by atoms with Crippen molar-refractivity contribution in [2.24, 2.45) is 5.73 Å². The second kappa shape index (κ2) is 2.62. The fourth-order valence-electron chi connectivity index (χ4n) is 1.20. The molecule has 68 valence electrons. The summed E-state index contributed by atoms with van der Waals surface area (Å²) in [6.45, 7) is 0.197. The Labute approximate surface area is 73.6 Å². The number of carbonyl (C=O) groups is 1. The molecule has 2 rings (SSSR count). The molecule has 0 spiro atoms. The van der Waals surface area contributed by atoms with Gasteiger partial charge in [-0.1, -0.05) is 12.1 Å². The smallest absolute Gasteiger partial charge is 0.348 e. The minimum absolute atomic E-state index is 0.0845. The van der Waals surface area contributed by atoms with Crippen molar-refractivity contribution >= 4 is 6.03 Å². The molecule has 0 saturated heterocycles. The number of halogens is 1. The van der Waals surface area contributed by atoms with Gasteiger partial charge in [0.15, 0.2) is 11.6 Å². The Morgan fingerprint density at radius 3 is 3.00 bits per heavy atom. The molecule has 0 aromatic heterocycles. The number of benzene rings is 1. The summed E-state index contributed by atoms with van der Waals surface area (Å²) in [5.74, 6) is -0.400. The number of nitrogens with zero attached hydrogens (tertiary/aromatic N) is 1. The standard InChI is InChI=1S/C8H7FN2O2/c9-6-3-1-2-5-4-11(8(10)12)13-7(5)6/h1-3H,4H2,(H2,10,12). The van der Waals surface area contributed by atoms with E-state index in [4.69, 9.17) is 10.6 Å². The zero-order valence-corrected chi connectivity index (χ0v) is 6.66. The highest BCUT2D eigenvalue weighted by atomic mass is 19.1. The monoisotopic (exact) mass is 182 g/mol. The normalized spacial score (nSPS) is 13.8. The lowest BCUT2D eigenvalue weighted by Gasteiger charge is -2.09. The van der Waals surface area contributed by atoms with Crippen LogP contribution in [0.2, 0.25) is 0 Å². The van der Waals surface area contributed by atoms with Crippen LogP contribution in [-0.4, -0.2) is 11.1 Å². The maximum atomic E-state index is 13.0. The van der Waals surface area contributed by atoms with Crippen LogP contribution in [0.4, 0.5) is 9.18 Å². The highest BCUT2D eigenvalue weighted by molar-refractivity contribution is 5.72. The van der Waals surface area contributed by atoms with E-state index in [2.05, 4.69) is 0 Å². The van der Waals surface area contributed by atoms with Crippen LogP contribution in [0.1, 0.15) is 5.56 Å². The molecule has 0 bridgehead atoms. The van der Waals surface area contributed by atoms with Crippen LogP contribution in [0.25, 0.3) is 0 Å². The van der Waals surface area contributed by atoms with E-state index in [9.17, 15) is 9.18 Å². The molecule has 1 aromatic rings. The van der Waals surface area contributed by atoms with Crippen LogP contribution in [0.5, 0.6) is 5.75 Å². The molecule has 0 radical (unpaired) electrons. The van der Waals surface area contributed by atoms with E-state index in [0.717, 1.165) is 5.06 Å². The van der Waals surface area contributed by atoms with Crippen LogP contribution >= 0.6 is 0 Å². The van der Waals surface area contributed by atoms with E-state index in [1.165, 1.54) is 6.07 Å². The van der Waals surface area contributed by atoms with Gasteiger partial charge in [-0.05, 0) is 6.07 Å². The van der Waals surface area contributed by atoms with Crippen LogP contribution in [-0.2, 0) is 6.54 Å². The van der Waals surface area contributed by atoms with E-state index in [1.807, 2.05) is 0 Å². The van der Waals surface area contributed by atoms with Gasteiger partial charge in [-0.15, -0.1) is 0 Å². The summed E-state index contributed by atoms with van der Waals surface area (Å²) in [5, 5.41) is 0.910. The molecule has 0 aliphatic carbocycles. The number of primary amides is 1. The van der Waals surface area contributed by atoms with Gasteiger partial charge in [-0.2, -0.15) is 5.06 Å². The second-order valence-corrected chi connectivity index (χ2v) is 2.69. The SMILES string of the molecule is NC(=O)N1Cc2cccc(F)c2O1. The number of hydroxylamine groups is 2. The maximum absolute atomic E-state index is 13.0. The first kappa shape index (κ1) is 7.85. The quantitative estimate of drug-likeness (QED) is 0.651. The lowest BCUT2D eigenvalue weighted by molar-refractivity contribution is 0.00502. The molecule has 1 aliphatic heterocycles. The Balaban J connectivity index is 2.35. The first-order valence-electron chi connectivity index (χ1n) is 3.71. The molecule has 0 fully saturated rings. The summed E-state index contributed by atoms with van der Waals surface area (Å²) in [5.41, 5.74) is 5.59. The molecular weight excluding hydrogens is 175 g/mol. The molecule has 2 N–H and O–H groups in total. The number of hydrogen-bond acceptors (Lipinski definition) is 2. The van der Waals surface area contributed by atoms with Crippen LogP contribution in [0.15, 0.2) is 18.2 Å². The summed E-state index contributed by atoms with van der Waals surface area (Å²) in [7, 11) is 0. The first-order valence-corrected chi connectivity index (χ1v) is 3.71. The van der Waals surface area contributed by atoms with Gasteiger partial charge in [-0.3, -0.25) is 0 Å². The molecule has 1 heterocycles. The largest absolute Gasteiger partial charge is 0.372 e. The molecule has 0 saturated carbocycles. The van der Waals surface area contributed by atoms with E-state index < -0.39 is 11.8 Å². The summed E-state index contributed by atoms with van der Waals surface area (Å²) in [6, 6.07) is 3.78. The fourth-order valence-corrected chi connectivity index (χ4v) is 1.20. The van der Waals surface area contributed by atoms with Crippen molar-refractivity contribution in [1.82, 2.24) is 5.06 Å². The molecule has 13 heavy (non-hydrogen) atoms. The molecular formula is C8H7FN2O2. The van der Waals surface area contributed by atoms with Gasteiger partial charge in [0, 0.05) is 5.56 Å². The molecule has 0 unspecified atom stereocenters. The van der Waals surface area contributed by atoms with Crippen molar-refractivity contribution in [3.63, 3.8) is 0 Å². The number of carbonyl (C=O) groups excluding carboxylic acids is 1. The third kappa shape index (κ3) is 1.18. The lowest BCUT2D eigenvalue weighted by Crippen LogP contribution is -2.34. The fraction of sp³-hybridized carbons (Fsp3) is 0.125. The average molecular weight is 182 g/mol. The van der Waals surface area contributed by atoms with Gasteiger partial charge in [-0.25, -0.2) is 9.18 Å². The molecule has 1 aromatic carbocycles. The van der Waals surface area contributed by atoms with Crippen LogP contribution < -0.4 is 10.6 Å². The van der Waals surface area contributed by atoms with Crippen molar-refractivity contribution in [3.05, 3.63) is 29.6 Å². The summed E-state index contributed by atoms with van der Waals surface area (Å²) >= 11 is 0.